The van der Waals surface area contributed by atoms with Crippen LogP contribution in [0.5, 0.6) is 17.2 Å². The number of nitrogens with zero attached hydrogens (tertiary/aromatic N) is 1. The Morgan fingerprint density at radius 3 is 2.11 bits per heavy atom. The predicted molar refractivity (Wildman–Crippen MR) is 140 cm³/mol. The number of amides is 3. The summed E-state index contributed by atoms with van der Waals surface area (Å²) >= 11 is 0. The highest BCUT2D eigenvalue weighted by atomic mass is 19.1. The summed E-state index contributed by atoms with van der Waals surface area (Å²) in [4.78, 5) is 39.9. The molecule has 0 aromatic heterocycles. The molecule has 0 aliphatic rings. The molecule has 3 rings (SSSR count). The number of aryl methyl sites for hydroxylation is 1. The van der Waals surface area contributed by atoms with Gasteiger partial charge in [0.1, 0.15) is 12.4 Å². The number of benzene rings is 3. The molecule has 0 aliphatic carbocycles. The molecule has 0 spiro atoms. The Hall–Kier alpha value is -4.60. The second kappa shape index (κ2) is 13.1. The Morgan fingerprint density at radius 1 is 0.868 bits per heavy atom. The fourth-order valence-corrected chi connectivity index (χ4v) is 3.73. The van der Waals surface area contributed by atoms with E-state index >= 15 is 0 Å². The third-order valence-electron chi connectivity index (χ3n) is 5.57. The van der Waals surface area contributed by atoms with Crippen LogP contribution in [0.3, 0.4) is 0 Å². The van der Waals surface area contributed by atoms with Gasteiger partial charge in [0.2, 0.25) is 17.6 Å². The van der Waals surface area contributed by atoms with Gasteiger partial charge >= 0.3 is 0 Å². The van der Waals surface area contributed by atoms with E-state index in [2.05, 4.69) is 10.6 Å². The molecule has 10 heteroatoms. The van der Waals surface area contributed by atoms with Gasteiger partial charge in [0, 0.05) is 17.8 Å². The lowest BCUT2D eigenvalue weighted by molar-refractivity contribution is -0.124. The number of nitrogens with one attached hydrogen (secondary N) is 2. The molecule has 200 valence electrons. The first kappa shape index (κ1) is 28.0. The topological polar surface area (TPSA) is 106 Å². The minimum atomic E-state index is -0.549. The van der Waals surface area contributed by atoms with Gasteiger partial charge in [-0.25, -0.2) is 4.39 Å². The van der Waals surface area contributed by atoms with Gasteiger partial charge < -0.3 is 29.7 Å². The Balaban J connectivity index is 1.77. The van der Waals surface area contributed by atoms with Crippen molar-refractivity contribution in [1.29, 1.82) is 0 Å². The number of carbonyl (C=O) groups excluding carboxylic acids is 3. The lowest BCUT2D eigenvalue weighted by Gasteiger charge is -2.23. The zero-order chi connectivity index (χ0) is 27.7. The van der Waals surface area contributed by atoms with E-state index in [-0.39, 0.29) is 36.7 Å². The standard InChI is InChI=1S/C28H30FN3O6/c1-18-6-5-7-22(12-18)31-25(33)15-30-26(34)17-32(16-19-8-10-21(29)11-9-19)28(35)20-13-23(36-2)27(38-4)24(14-20)37-3/h5-14H,15-17H2,1-4H3,(H,30,34)(H,31,33). The van der Waals surface area contributed by atoms with Crippen molar-refractivity contribution in [2.75, 3.05) is 39.7 Å². The van der Waals surface area contributed by atoms with Crippen LogP contribution in [-0.2, 0) is 16.1 Å². The van der Waals surface area contributed by atoms with Crippen LogP contribution in [0.25, 0.3) is 0 Å². The molecular formula is C28H30FN3O6. The van der Waals surface area contributed by atoms with E-state index in [0.29, 0.717) is 17.0 Å². The van der Waals surface area contributed by atoms with Crippen molar-refractivity contribution in [3.05, 3.63) is 83.2 Å². The number of carbonyl (C=O) groups is 3. The van der Waals surface area contributed by atoms with Crippen LogP contribution in [-0.4, -0.2) is 57.0 Å². The lowest BCUT2D eigenvalue weighted by Crippen LogP contribution is -2.42. The van der Waals surface area contributed by atoms with Gasteiger partial charge in [-0.2, -0.15) is 0 Å². The minimum absolute atomic E-state index is 0.0126. The number of hydrogen-bond acceptors (Lipinski definition) is 6. The molecule has 0 radical (unpaired) electrons. The third-order valence-corrected chi connectivity index (χ3v) is 5.57. The molecule has 0 unspecified atom stereocenters. The zero-order valence-electron chi connectivity index (χ0n) is 21.7. The number of hydrogen-bond donors (Lipinski definition) is 2. The second-order valence-electron chi connectivity index (χ2n) is 8.40. The molecule has 0 aliphatic heterocycles. The molecule has 0 saturated carbocycles. The number of halogens is 1. The van der Waals surface area contributed by atoms with E-state index in [1.807, 2.05) is 19.1 Å². The smallest absolute Gasteiger partial charge is 0.254 e. The molecule has 3 aromatic carbocycles. The van der Waals surface area contributed by atoms with Gasteiger partial charge in [0.25, 0.3) is 5.91 Å². The summed E-state index contributed by atoms with van der Waals surface area (Å²) in [5.41, 5.74) is 2.39. The number of anilines is 1. The van der Waals surface area contributed by atoms with Crippen molar-refractivity contribution >= 4 is 23.4 Å². The van der Waals surface area contributed by atoms with E-state index < -0.39 is 23.5 Å². The van der Waals surface area contributed by atoms with Crippen LogP contribution < -0.4 is 24.8 Å². The van der Waals surface area contributed by atoms with Crippen LogP contribution in [0.1, 0.15) is 21.5 Å². The first-order valence-electron chi connectivity index (χ1n) is 11.7. The average Bonchev–Trinajstić information content (AvgIpc) is 2.91. The van der Waals surface area contributed by atoms with E-state index in [4.69, 9.17) is 14.2 Å². The highest BCUT2D eigenvalue weighted by Gasteiger charge is 2.23. The Labute approximate surface area is 220 Å². The summed E-state index contributed by atoms with van der Waals surface area (Å²) < 4.78 is 29.4. The maximum absolute atomic E-state index is 13.5. The van der Waals surface area contributed by atoms with E-state index in [1.165, 1.54) is 62.6 Å². The van der Waals surface area contributed by atoms with Crippen LogP contribution >= 0.6 is 0 Å². The van der Waals surface area contributed by atoms with Crippen molar-refractivity contribution < 1.29 is 33.0 Å². The molecular weight excluding hydrogens is 493 g/mol. The van der Waals surface area contributed by atoms with Crippen molar-refractivity contribution in [3.8, 4) is 17.2 Å². The maximum Gasteiger partial charge on any atom is 0.254 e. The second-order valence-corrected chi connectivity index (χ2v) is 8.40. The largest absolute Gasteiger partial charge is 0.493 e. The molecule has 3 amide bonds. The van der Waals surface area contributed by atoms with Crippen LogP contribution in [0.2, 0.25) is 0 Å². The number of ether oxygens (including phenoxy) is 3. The monoisotopic (exact) mass is 523 g/mol. The van der Waals surface area contributed by atoms with Crippen LogP contribution in [0.15, 0.2) is 60.7 Å². The Kier molecular flexibility index (Phi) is 9.64. The summed E-state index contributed by atoms with van der Waals surface area (Å²) in [6, 6.07) is 15.8. The maximum atomic E-state index is 13.5. The van der Waals surface area contributed by atoms with Crippen molar-refractivity contribution in [3.63, 3.8) is 0 Å². The molecule has 0 bridgehead atoms. The molecule has 2 N–H and O–H groups in total. The van der Waals surface area contributed by atoms with Crippen LogP contribution in [0, 0.1) is 12.7 Å². The molecule has 0 heterocycles. The first-order valence-corrected chi connectivity index (χ1v) is 11.7. The van der Waals surface area contributed by atoms with Crippen molar-refractivity contribution in [2.24, 2.45) is 0 Å². The summed E-state index contributed by atoms with van der Waals surface area (Å²) in [7, 11) is 4.30. The Morgan fingerprint density at radius 2 is 1.53 bits per heavy atom. The van der Waals surface area contributed by atoms with E-state index in [1.54, 1.807) is 12.1 Å². The van der Waals surface area contributed by atoms with Gasteiger partial charge in [-0.15, -0.1) is 0 Å². The minimum Gasteiger partial charge on any atom is -0.493 e. The highest BCUT2D eigenvalue weighted by molar-refractivity contribution is 5.99. The molecule has 0 saturated heterocycles. The summed E-state index contributed by atoms with van der Waals surface area (Å²) in [6.07, 6.45) is 0. The summed E-state index contributed by atoms with van der Waals surface area (Å²) in [6.45, 7) is 1.27. The van der Waals surface area contributed by atoms with E-state index in [0.717, 1.165) is 5.56 Å². The van der Waals surface area contributed by atoms with Gasteiger partial charge in [-0.05, 0) is 54.4 Å². The zero-order valence-corrected chi connectivity index (χ0v) is 21.7. The quantitative estimate of drug-likeness (QED) is 0.398. The fourth-order valence-electron chi connectivity index (χ4n) is 3.73. The molecule has 0 fully saturated rings. The highest BCUT2D eigenvalue weighted by Crippen LogP contribution is 2.38. The van der Waals surface area contributed by atoms with Crippen molar-refractivity contribution in [1.82, 2.24) is 10.2 Å². The van der Waals surface area contributed by atoms with Crippen LogP contribution in [0.4, 0.5) is 10.1 Å². The summed E-state index contributed by atoms with van der Waals surface area (Å²) in [5, 5.41) is 5.25. The molecule has 38 heavy (non-hydrogen) atoms. The predicted octanol–water partition coefficient (Wildman–Crippen LogP) is 3.56. The molecule has 3 aromatic rings. The van der Waals surface area contributed by atoms with Gasteiger partial charge in [-0.3, -0.25) is 14.4 Å². The number of methoxy groups -OCH3 is 3. The van der Waals surface area contributed by atoms with Crippen molar-refractivity contribution in [2.45, 2.75) is 13.5 Å². The number of rotatable bonds is 11. The molecule has 9 nitrogen and oxygen atoms in total. The lowest BCUT2D eigenvalue weighted by atomic mass is 10.1. The van der Waals surface area contributed by atoms with Gasteiger partial charge in [0.15, 0.2) is 11.5 Å². The first-order chi connectivity index (χ1) is 18.2. The third kappa shape index (κ3) is 7.45. The normalized spacial score (nSPS) is 10.3. The SMILES string of the molecule is COc1cc(C(=O)N(CC(=O)NCC(=O)Nc2cccc(C)c2)Cc2ccc(F)cc2)cc(OC)c1OC. The molecule has 0 atom stereocenters. The van der Waals surface area contributed by atoms with E-state index in [9.17, 15) is 18.8 Å². The summed E-state index contributed by atoms with van der Waals surface area (Å²) in [5.74, 6) is -1.03. The average molecular weight is 524 g/mol. The van der Waals surface area contributed by atoms with Gasteiger partial charge in [-0.1, -0.05) is 24.3 Å². The Bertz CT molecular complexity index is 1270. The fraction of sp³-hybridized carbons (Fsp3) is 0.250. The van der Waals surface area contributed by atoms with Gasteiger partial charge in [0.05, 0.1) is 27.9 Å².